The van der Waals surface area contributed by atoms with Crippen molar-refractivity contribution in [2.45, 2.75) is 65.2 Å². The van der Waals surface area contributed by atoms with E-state index in [1.807, 2.05) is 6.20 Å². The fourth-order valence-corrected chi connectivity index (χ4v) is 3.45. The van der Waals surface area contributed by atoms with E-state index in [1.54, 1.807) is 0 Å². The molecule has 1 saturated heterocycles. The van der Waals surface area contributed by atoms with Crippen LogP contribution in [0.4, 0.5) is 0 Å². The van der Waals surface area contributed by atoms with Crippen LogP contribution >= 0.6 is 0 Å². The number of pyridine rings is 1. The Morgan fingerprint density at radius 2 is 2.05 bits per heavy atom. The highest BCUT2D eigenvalue weighted by atomic mass is 15.2. The third kappa shape index (κ3) is 4.04. The quantitative estimate of drug-likeness (QED) is 0.901. The minimum absolute atomic E-state index is 0.666. The largest absolute Gasteiger partial charge is 0.310 e. The van der Waals surface area contributed by atoms with Crippen LogP contribution in [0.25, 0.3) is 0 Å². The van der Waals surface area contributed by atoms with Crippen molar-refractivity contribution in [1.82, 2.24) is 15.2 Å². The van der Waals surface area contributed by atoms with E-state index >= 15 is 0 Å². The first kappa shape index (κ1) is 15.0. The van der Waals surface area contributed by atoms with Gasteiger partial charge in [-0.2, -0.15) is 0 Å². The van der Waals surface area contributed by atoms with Gasteiger partial charge in [0.2, 0.25) is 0 Å². The van der Waals surface area contributed by atoms with Gasteiger partial charge in [-0.1, -0.05) is 19.9 Å². The van der Waals surface area contributed by atoms with Gasteiger partial charge >= 0.3 is 0 Å². The second-order valence-corrected chi connectivity index (χ2v) is 7.30. The molecule has 1 aromatic rings. The third-order valence-electron chi connectivity index (χ3n) is 5.14. The Kier molecular flexibility index (Phi) is 4.60. The highest BCUT2D eigenvalue weighted by molar-refractivity contribution is 5.14. The van der Waals surface area contributed by atoms with Crippen molar-refractivity contribution in [3.63, 3.8) is 0 Å². The van der Waals surface area contributed by atoms with Crippen LogP contribution in [0, 0.1) is 11.8 Å². The minimum Gasteiger partial charge on any atom is -0.310 e. The highest BCUT2D eigenvalue weighted by Gasteiger charge is 2.28. The van der Waals surface area contributed by atoms with Gasteiger partial charge < -0.3 is 5.32 Å². The van der Waals surface area contributed by atoms with Gasteiger partial charge in [-0.3, -0.25) is 9.88 Å². The van der Waals surface area contributed by atoms with Crippen molar-refractivity contribution in [3.8, 4) is 0 Å². The maximum absolute atomic E-state index is 4.67. The standard InChI is InChI=1S/C18H29N3/c1-13-8-14(2)15(3)21(11-13)12-18-5-4-16(10-20-18)9-19-17-6-7-17/h4-5,10,13-15,17,19H,6-9,11-12H2,1-3H3. The molecule has 0 spiro atoms. The molecule has 0 bridgehead atoms. The van der Waals surface area contributed by atoms with Crippen molar-refractivity contribution in [2.24, 2.45) is 11.8 Å². The molecule has 2 heterocycles. The van der Waals surface area contributed by atoms with Gasteiger partial charge in [-0.05, 0) is 49.7 Å². The molecular weight excluding hydrogens is 258 g/mol. The summed E-state index contributed by atoms with van der Waals surface area (Å²) >= 11 is 0. The van der Waals surface area contributed by atoms with Gasteiger partial charge in [0.1, 0.15) is 0 Å². The lowest BCUT2D eigenvalue weighted by molar-refractivity contribution is 0.0718. The summed E-state index contributed by atoms with van der Waals surface area (Å²) < 4.78 is 0. The molecule has 1 aliphatic carbocycles. The zero-order valence-corrected chi connectivity index (χ0v) is 13.7. The van der Waals surface area contributed by atoms with Crippen LogP contribution in [0.15, 0.2) is 18.3 Å². The summed E-state index contributed by atoms with van der Waals surface area (Å²) in [4.78, 5) is 7.27. The Labute approximate surface area is 129 Å². The van der Waals surface area contributed by atoms with Crippen LogP contribution in [0.3, 0.4) is 0 Å². The molecular formula is C18H29N3. The Balaban J connectivity index is 1.56. The van der Waals surface area contributed by atoms with Crippen LogP contribution in [0.2, 0.25) is 0 Å². The molecule has 0 amide bonds. The molecule has 1 saturated carbocycles. The summed E-state index contributed by atoms with van der Waals surface area (Å²) in [7, 11) is 0. The molecule has 1 aromatic heterocycles. The van der Waals surface area contributed by atoms with Crippen LogP contribution in [-0.4, -0.2) is 28.5 Å². The van der Waals surface area contributed by atoms with Crippen LogP contribution in [0.1, 0.15) is 51.3 Å². The fourth-order valence-electron chi connectivity index (χ4n) is 3.45. The van der Waals surface area contributed by atoms with E-state index < -0.39 is 0 Å². The molecule has 1 aliphatic heterocycles. The predicted octanol–water partition coefficient (Wildman–Crippen LogP) is 3.20. The number of likely N-dealkylation sites (tertiary alicyclic amines) is 1. The van der Waals surface area contributed by atoms with E-state index in [1.165, 1.54) is 37.1 Å². The van der Waals surface area contributed by atoms with Crippen LogP contribution < -0.4 is 5.32 Å². The smallest absolute Gasteiger partial charge is 0.0544 e. The first-order chi connectivity index (χ1) is 10.1. The topological polar surface area (TPSA) is 28.2 Å². The molecule has 3 rings (SSSR count). The zero-order chi connectivity index (χ0) is 14.8. The second kappa shape index (κ2) is 6.45. The van der Waals surface area contributed by atoms with Crippen molar-refractivity contribution in [1.29, 1.82) is 0 Å². The monoisotopic (exact) mass is 287 g/mol. The average molecular weight is 287 g/mol. The highest BCUT2D eigenvalue weighted by Crippen LogP contribution is 2.27. The van der Waals surface area contributed by atoms with E-state index in [9.17, 15) is 0 Å². The summed E-state index contributed by atoms with van der Waals surface area (Å²) in [5, 5.41) is 3.54. The van der Waals surface area contributed by atoms with Crippen LogP contribution in [0.5, 0.6) is 0 Å². The van der Waals surface area contributed by atoms with Crippen LogP contribution in [-0.2, 0) is 13.1 Å². The summed E-state index contributed by atoms with van der Waals surface area (Å²) in [5.74, 6) is 1.59. The SMILES string of the molecule is CC1CC(C)C(C)N(Cc2ccc(CNC3CC3)cn2)C1. The van der Waals surface area contributed by atoms with Crippen molar-refractivity contribution >= 4 is 0 Å². The molecule has 3 nitrogen and oxygen atoms in total. The summed E-state index contributed by atoms with van der Waals surface area (Å²) in [6.07, 6.45) is 6.09. The normalized spacial score (nSPS) is 30.5. The number of nitrogens with zero attached hydrogens (tertiary/aromatic N) is 2. The maximum atomic E-state index is 4.67. The Hall–Kier alpha value is -0.930. The summed E-state index contributed by atoms with van der Waals surface area (Å²) in [6.45, 7) is 10.3. The predicted molar refractivity (Wildman–Crippen MR) is 86.9 cm³/mol. The Bertz CT molecular complexity index is 452. The molecule has 1 N–H and O–H groups in total. The Morgan fingerprint density at radius 1 is 1.24 bits per heavy atom. The number of nitrogens with one attached hydrogen (secondary N) is 1. The third-order valence-corrected chi connectivity index (χ3v) is 5.14. The first-order valence-electron chi connectivity index (χ1n) is 8.53. The molecule has 3 unspecified atom stereocenters. The van der Waals surface area contributed by atoms with Crippen molar-refractivity contribution in [2.75, 3.05) is 6.54 Å². The molecule has 0 radical (unpaired) electrons. The van der Waals surface area contributed by atoms with E-state index in [4.69, 9.17) is 0 Å². The van der Waals surface area contributed by atoms with E-state index in [0.29, 0.717) is 6.04 Å². The van der Waals surface area contributed by atoms with Gasteiger partial charge in [0.05, 0.1) is 5.69 Å². The lowest BCUT2D eigenvalue weighted by Gasteiger charge is -2.40. The molecule has 3 atom stereocenters. The van der Waals surface area contributed by atoms with Crippen molar-refractivity contribution < 1.29 is 0 Å². The van der Waals surface area contributed by atoms with E-state index in [0.717, 1.165) is 31.0 Å². The Morgan fingerprint density at radius 3 is 2.71 bits per heavy atom. The maximum Gasteiger partial charge on any atom is 0.0544 e. The van der Waals surface area contributed by atoms with E-state index in [-0.39, 0.29) is 0 Å². The molecule has 116 valence electrons. The number of hydrogen-bond acceptors (Lipinski definition) is 3. The zero-order valence-electron chi connectivity index (χ0n) is 13.7. The minimum atomic E-state index is 0.666. The molecule has 2 aliphatic rings. The van der Waals surface area contributed by atoms with E-state index in [2.05, 4.69) is 48.1 Å². The van der Waals surface area contributed by atoms with Gasteiger partial charge in [0.25, 0.3) is 0 Å². The molecule has 21 heavy (non-hydrogen) atoms. The lowest BCUT2D eigenvalue weighted by Crippen LogP contribution is -2.45. The fraction of sp³-hybridized carbons (Fsp3) is 0.722. The van der Waals surface area contributed by atoms with Gasteiger partial charge in [0.15, 0.2) is 0 Å². The lowest BCUT2D eigenvalue weighted by atomic mass is 9.86. The number of piperidine rings is 1. The summed E-state index contributed by atoms with van der Waals surface area (Å²) in [6, 6.07) is 5.88. The molecule has 2 fully saturated rings. The van der Waals surface area contributed by atoms with Crippen molar-refractivity contribution in [3.05, 3.63) is 29.6 Å². The number of rotatable bonds is 5. The van der Waals surface area contributed by atoms with Gasteiger partial charge in [-0.25, -0.2) is 0 Å². The summed E-state index contributed by atoms with van der Waals surface area (Å²) in [5.41, 5.74) is 2.51. The van der Waals surface area contributed by atoms with Gasteiger partial charge in [-0.15, -0.1) is 0 Å². The average Bonchev–Trinajstić information content (AvgIpc) is 3.28. The number of hydrogen-bond donors (Lipinski definition) is 1. The van der Waals surface area contributed by atoms with Gasteiger partial charge in [0, 0.05) is 37.9 Å². The first-order valence-corrected chi connectivity index (χ1v) is 8.53. The molecule has 3 heteroatoms. The second-order valence-electron chi connectivity index (χ2n) is 7.30. The number of aromatic nitrogens is 1. The molecule has 0 aromatic carbocycles.